The molecule has 4 rings (SSSR count). The lowest BCUT2D eigenvalue weighted by Gasteiger charge is -2.43. The summed E-state index contributed by atoms with van der Waals surface area (Å²) in [6.45, 7) is 2.59. The van der Waals surface area contributed by atoms with Crippen molar-refractivity contribution >= 4 is 11.8 Å². The van der Waals surface area contributed by atoms with E-state index >= 15 is 0 Å². The molecule has 0 bridgehead atoms. The maximum atomic E-state index is 14.0. The summed E-state index contributed by atoms with van der Waals surface area (Å²) in [5.74, 6) is 0.838. The number of nitrogens with one attached hydrogen (secondary N) is 1. The second-order valence-electron chi connectivity index (χ2n) is 9.51. The van der Waals surface area contributed by atoms with Crippen molar-refractivity contribution in [3.05, 3.63) is 71.8 Å². The molecule has 3 unspecified atom stereocenters. The van der Waals surface area contributed by atoms with Crippen LogP contribution in [0.2, 0.25) is 0 Å². The molecule has 0 aromatic heterocycles. The predicted molar refractivity (Wildman–Crippen MR) is 126 cm³/mol. The first-order valence-electron chi connectivity index (χ1n) is 12.1. The standard InChI is InChI=1S/C28H35NO3/c1-2-26(31)32-20-25(30)28(17-21-11-5-3-6-12-21,18-22-13-7-4-8-14-22)27-24-16-10-9-15-23(24)19-29-27/h3-8,11-14,23-24,27,29H,2,9-10,15-20H2,1H3. The Bertz CT molecular complexity index is 854. The molecule has 0 radical (unpaired) electrons. The first-order chi connectivity index (χ1) is 15.6. The lowest BCUT2D eigenvalue weighted by atomic mass is 9.62. The van der Waals surface area contributed by atoms with E-state index in [4.69, 9.17) is 4.74 Å². The Morgan fingerprint density at radius 2 is 1.53 bits per heavy atom. The van der Waals surface area contributed by atoms with Crippen LogP contribution in [0.5, 0.6) is 0 Å². The van der Waals surface area contributed by atoms with Gasteiger partial charge in [0.15, 0.2) is 12.4 Å². The fourth-order valence-electron chi connectivity index (χ4n) is 5.93. The van der Waals surface area contributed by atoms with Gasteiger partial charge in [-0.05, 0) is 55.2 Å². The Kier molecular flexibility index (Phi) is 7.41. The molecule has 4 nitrogen and oxygen atoms in total. The van der Waals surface area contributed by atoms with Gasteiger partial charge in [-0.3, -0.25) is 9.59 Å². The molecule has 170 valence electrons. The monoisotopic (exact) mass is 433 g/mol. The van der Waals surface area contributed by atoms with Gasteiger partial charge in [0.25, 0.3) is 0 Å². The third-order valence-electron chi connectivity index (χ3n) is 7.52. The zero-order valence-electron chi connectivity index (χ0n) is 19.1. The molecule has 0 amide bonds. The van der Waals surface area contributed by atoms with Gasteiger partial charge in [-0.25, -0.2) is 0 Å². The van der Waals surface area contributed by atoms with Gasteiger partial charge in [-0.1, -0.05) is 80.4 Å². The van der Waals surface area contributed by atoms with Gasteiger partial charge >= 0.3 is 5.97 Å². The van der Waals surface area contributed by atoms with Crippen molar-refractivity contribution in [2.45, 2.75) is 57.9 Å². The van der Waals surface area contributed by atoms with Crippen LogP contribution in [0.15, 0.2) is 60.7 Å². The van der Waals surface area contributed by atoms with Gasteiger partial charge < -0.3 is 10.1 Å². The average molecular weight is 434 g/mol. The smallest absolute Gasteiger partial charge is 0.305 e. The number of hydrogen-bond acceptors (Lipinski definition) is 4. The summed E-state index contributed by atoms with van der Waals surface area (Å²) in [5, 5.41) is 3.80. The Morgan fingerprint density at radius 1 is 0.938 bits per heavy atom. The summed E-state index contributed by atoms with van der Waals surface area (Å²) in [6.07, 6.45) is 6.48. The number of Topliss-reactive ketones (excluding diaryl/α,β-unsaturated/α-hetero) is 1. The summed E-state index contributed by atoms with van der Waals surface area (Å²) in [6, 6.07) is 20.7. The van der Waals surface area contributed by atoms with Crippen molar-refractivity contribution in [1.82, 2.24) is 5.32 Å². The minimum absolute atomic E-state index is 0.0377. The predicted octanol–water partition coefficient (Wildman–Crippen LogP) is 4.76. The molecule has 1 aliphatic carbocycles. The Balaban J connectivity index is 1.74. The summed E-state index contributed by atoms with van der Waals surface area (Å²) in [7, 11) is 0. The molecule has 2 fully saturated rings. The van der Waals surface area contributed by atoms with Crippen molar-refractivity contribution in [2.75, 3.05) is 13.2 Å². The van der Waals surface area contributed by atoms with Gasteiger partial charge in [0.05, 0.1) is 5.41 Å². The highest BCUT2D eigenvalue weighted by molar-refractivity contribution is 5.89. The van der Waals surface area contributed by atoms with Crippen LogP contribution in [0.4, 0.5) is 0 Å². The maximum absolute atomic E-state index is 14.0. The van der Waals surface area contributed by atoms with Crippen molar-refractivity contribution in [2.24, 2.45) is 17.3 Å². The molecule has 1 heterocycles. The molecule has 2 aromatic rings. The van der Waals surface area contributed by atoms with E-state index in [1.165, 1.54) is 19.3 Å². The van der Waals surface area contributed by atoms with Crippen LogP contribution in [0, 0.1) is 17.3 Å². The average Bonchev–Trinajstić information content (AvgIpc) is 3.28. The zero-order chi connectivity index (χ0) is 22.4. The molecular weight excluding hydrogens is 398 g/mol. The molecule has 2 aliphatic rings. The lowest BCUT2D eigenvalue weighted by molar-refractivity contribution is -0.151. The van der Waals surface area contributed by atoms with Gasteiger partial charge in [-0.2, -0.15) is 0 Å². The number of ketones is 1. The molecule has 4 heteroatoms. The van der Waals surface area contributed by atoms with Crippen LogP contribution in [-0.2, 0) is 27.2 Å². The maximum Gasteiger partial charge on any atom is 0.305 e. The van der Waals surface area contributed by atoms with E-state index in [-0.39, 0.29) is 30.8 Å². The highest BCUT2D eigenvalue weighted by atomic mass is 16.5. The Morgan fingerprint density at radius 3 is 2.12 bits per heavy atom. The molecule has 1 saturated carbocycles. The number of ether oxygens (including phenoxy) is 1. The topological polar surface area (TPSA) is 55.4 Å². The Labute approximate surface area is 191 Å². The van der Waals surface area contributed by atoms with E-state index in [1.54, 1.807) is 6.92 Å². The second kappa shape index (κ2) is 10.4. The summed E-state index contributed by atoms with van der Waals surface area (Å²) >= 11 is 0. The van der Waals surface area contributed by atoms with Crippen LogP contribution in [0.1, 0.15) is 50.2 Å². The number of carbonyl (C=O) groups excluding carboxylic acids is 2. The van der Waals surface area contributed by atoms with Crippen molar-refractivity contribution in [1.29, 1.82) is 0 Å². The molecule has 32 heavy (non-hydrogen) atoms. The summed E-state index contributed by atoms with van der Waals surface area (Å²) < 4.78 is 5.41. The van der Waals surface area contributed by atoms with Gasteiger partial charge in [0, 0.05) is 12.5 Å². The van der Waals surface area contributed by atoms with Crippen LogP contribution in [0.25, 0.3) is 0 Å². The van der Waals surface area contributed by atoms with Crippen molar-refractivity contribution < 1.29 is 14.3 Å². The fraction of sp³-hybridized carbons (Fsp3) is 0.500. The molecular formula is C28H35NO3. The lowest BCUT2D eigenvalue weighted by Crippen LogP contribution is -2.54. The third kappa shape index (κ3) is 4.96. The summed E-state index contributed by atoms with van der Waals surface area (Å²) in [5.41, 5.74) is 1.65. The first kappa shape index (κ1) is 22.7. The van der Waals surface area contributed by atoms with E-state index in [1.807, 2.05) is 36.4 Å². The minimum atomic E-state index is -0.659. The number of rotatable bonds is 9. The van der Waals surface area contributed by atoms with Gasteiger partial charge in [-0.15, -0.1) is 0 Å². The molecule has 1 saturated heterocycles. The quantitative estimate of drug-likeness (QED) is 0.580. The zero-order valence-corrected chi connectivity index (χ0v) is 19.1. The third-order valence-corrected chi connectivity index (χ3v) is 7.52. The second-order valence-corrected chi connectivity index (χ2v) is 9.51. The highest BCUT2D eigenvalue weighted by Crippen LogP contribution is 2.46. The van der Waals surface area contributed by atoms with E-state index in [9.17, 15) is 9.59 Å². The van der Waals surface area contributed by atoms with Crippen LogP contribution in [-0.4, -0.2) is 30.9 Å². The molecule has 1 N–H and O–H groups in total. The van der Waals surface area contributed by atoms with E-state index in [2.05, 4.69) is 29.6 Å². The van der Waals surface area contributed by atoms with Crippen LogP contribution < -0.4 is 5.32 Å². The molecule has 0 spiro atoms. The number of carbonyl (C=O) groups is 2. The first-order valence-corrected chi connectivity index (χ1v) is 12.1. The number of benzene rings is 2. The van der Waals surface area contributed by atoms with Crippen LogP contribution >= 0.6 is 0 Å². The number of esters is 1. The SMILES string of the molecule is CCC(=O)OCC(=O)C(Cc1ccccc1)(Cc1ccccc1)C1NCC2CCCCC21. The Hall–Kier alpha value is -2.46. The number of hydrogen-bond donors (Lipinski definition) is 1. The van der Waals surface area contributed by atoms with Gasteiger partial charge in [0.1, 0.15) is 0 Å². The van der Waals surface area contributed by atoms with Crippen LogP contribution in [0.3, 0.4) is 0 Å². The molecule has 1 aliphatic heterocycles. The largest absolute Gasteiger partial charge is 0.458 e. The molecule has 3 atom stereocenters. The summed E-state index contributed by atoms with van der Waals surface area (Å²) in [4.78, 5) is 26.0. The number of fused-ring (bicyclic) bond motifs is 1. The van der Waals surface area contributed by atoms with Gasteiger partial charge in [0.2, 0.25) is 0 Å². The highest BCUT2D eigenvalue weighted by Gasteiger charge is 2.53. The van der Waals surface area contributed by atoms with Crippen molar-refractivity contribution in [3.8, 4) is 0 Å². The van der Waals surface area contributed by atoms with E-state index in [0.29, 0.717) is 24.7 Å². The van der Waals surface area contributed by atoms with Crippen molar-refractivity contribution in [3.63, 3.8) is 0 Å². The molecule has 2 aromatic carbocycles. The fourth-order valence-corrected chi connectivity index (χ4v) is 5.93. The normalized spacial score (nSPS) is 22.8. The van der Waals surface area contributed by atoms with E-state index < -0.39 is 5.41 Å². The van der Waals surface area contributed by atoms with E-state index in [0.717, 1.165) is 24.1 Å². The minimum Gasteiger partial charge on any atom is -0.458 e.